The Morgan fingerprint density at radius 2 is 1.72 bits per heavy atom. The van der Waals surface area contributed by atoms with Gasteiger partial charge in [-0.05, 0) is 6.07 Å². The predicted molar refractivity (Wildman–Crippen MR) is 87.0 cm³/mol. The van der Waals surface area contributed by atoms with E-state index < -0.39 is 0 Å². The van der Waals surface area contributed by atoms with Crippen molar-refractivity contribution in [1.82, 2.24) is 4.98 Å². The van der Waals surface area contributed by atoms with Gasteiger partial charge in [0.15, 0.2) is 5.82 Å². The number of pyridine rings is 1. The Morgan fingerprint density at radius 1 is 1.17 bits per heavy atom. The Balaban J connectivity index is -0.000000750. The zero-order valence-electron chi connectivity index (χ0n) is 10.8. The van der Waals surface area contributed by atoms with Crippen LogP contribution in [-0.4, -0.2) is 39.2 Å². The summed E-state index contributed by atoms with van der Waals surface area (Å²) < 4.78 is 0. The molecule has 0 bridgehead atoms. The summed E-state index contributed by atoms with van der Waals surface area (Å²) in [5.41, 5.74) is 13.1. The molecule has 0 radical (unpaired) electrons. The predicted octanol–water partition coefficient (Wildman–Crippen LogP) is 1.39. The molecule has 0 aliphatic heterocycles. The van der Waals surface area contributed by atoms with E-state index in [0.29, 0.717) is 12.2 Å². The lowest BCUT2D eigenvalue weighted by atomic mass is 10.3. The van der Waals surface area contributed by atoms with E-state index in [1.54, 1.807) is 6.20 Å². The monoisotopic (exact) mass is 317 g/mol. The summed E-state index contributed by atoms with van der Waals surface area (Å²) in [5.74, 6) is 0.783. The summed E-state index contributed by atoms with van der Waals surface area (Å²) in [6.45, 7) is 1.34. The Hall–Kier alpha value is -0.620. The minimum atomic E-state index is 0. The van der Waals surface area contributed by atoms with E-state index in [0.717, 1.165) is 18.1 Å². The van der Waals surface area contributed by atoms with Crippen LogP contribution in [0.5, 0.6) is 0 Å². The second kappa shape index (κ2) is 10.3. The van der Waals surface area contributed by atoms with Crippen molar-refractivity contribution < 1.29 is 0 Å². The summed E-state index contributed by atoms with van der Waals surface area (Å²) in [7, 11) is 5.85. The van der Waals surface area contributed by atoms with Gasteiger partial charge in [0.05, 0.1) is 17.6 Å². The summed E-state index contributed by atoms with van der Waals surface area (Å²) in [6.07, 6.45) is 1.80. The van der Waals surface area contributed by atoms with Gasteiger partial charge >= 0.3 is 0 Å². The van der Waals surface area contributed by atoms with Crippen LogP contribution in [-0.2, 0) is 0 Å². The smallest absolute Gasteiger partial charge is 0.151 e. The van der Waals surface area contributed by atoms with Gasteiger partial charge in [0.1, 0.15) is 0 Å². The molecule has 108 valence electrons. The van der Waals surface area contributed by atoms with Gasteiger partial charge in [0.2, 0.25) is 0 Å². The fourth-order valence-corrected chi connectivity index (χ4v) is 1.33. The van der Waals surface area contributed by atoms with Gasteiger partial charge in [-0.25, -0.2) is 4.98 Å². The average molecular weight is 319 g/mol. The largest absolute Gasteiger partial charge is 0.396 e. The molecule has 0 unspecified atom stereocenters. The minimum absolute atomic E-state index is 0. The topological polar surface area (TPSA) is 71.4 Å². The van der Waals surface area contributed by atoms with Crippen LogP contribution in [0.3, 0.4) is 0 Å². The number of nitrogen functional groups attached to an aromatic ring is 1. The highest BCUT2D eigenvalue weighted by atomic mass is 35.5. The van der Waals surface area contributed by atoms with Crippen LogP contribution in [0.4, 0.5) is 17.2 Å². The summed E-state index contributed by atoms with van der Waals surface area (Å²) in [6, 6.07) is 1.91. The summed E-state index contributed by atoms with van der Waals surface area (Å²) in [4.78, 5) is 8.24. The highest BCUT2D eigenvalue weighted by Crippen LogP contribution is 2.23. The van der Waals surface area contributed by atoms with Crippen molar-refractivity contribution >= 4 is 54.4 Å². The number of hydrogen-bond acceptors (Lipinski definition) is 5. The quantitative estimate of drug-likeness (QED) is 0.878. The molecule has 1 aromatic heterocycles. The second-order valence-corrected chi connectivity index (χ2v) is 3.71. The van der Waals surface area contributed by atoms with Crippen molar-refractivity contribution in [2.24, 2.45) is 5.73 Å². The van der Waals surface area contributed by atoms with Gasteiger partial charge in [-0.3, -0.25) is 0 Å². The van der Waals surface area contributed by atoms with E-state index in [4.69, 9.17) is 11.5 Å². The van der Waals surface area contributed by atoms with Crippen LogP contribution in [0.2, 0.25) is 0 Å². The molecule has 1 aromatic rings. The SMILES string of the molecule is CN(C)c1cnc(N(C)CCN)c(N)c1.Cl.Cl.Cl. The molecule has 5 nitrogen and oxygen atoms in total. The maximum Gasteiger partial charge on any atom is 0.151 e. The van der Waals surface area contributed by atoms with Crippen LogP contribution in [0.25, 0.3) is 0 Å². The normalized spacial score (nSPS) is 8.44. The molecule has 0 spiro atoms. The highest BCUT2D eigenvalue weighted by Gasteiger charge is 2.07. The lowest BCUT2D eigenvalue weighted by Gasteiger charge is -2.20. The number of rotatable bonds is 4. The molecule has 18 heavy (non-hydrogen) atoms. The first kappa shape index (κ1) is 22.6. The fraction of sp³-hybridized carbons (Fsp3) is 0.500. The standard InChI is InChI=1S/C10H19N5.3ClH/c1-14(2)8-6-9(12)10(13-7-8)15(3)5-4-11;;;/h6-7H,4-5,11-12H2,1-3H3;3*1H. The number of anilines is 3. The molecule has 0 atom stereocenters. The highest BCUT2D eigenvalue weighted by molar-refractivity contribution is 5.86. The second-order valence-electron chi connectivity index (χ2n) is 3.71. The fourth-order valence-electron chi connectivity index (χ4n) is 1.33. The number of nitrogens with two attached hydrogens (primary N) is 2. The molecule has 0 aliphatic rings. The molecular weight excluding hydrogens is 297 g/mol. The van der Waals surface area contributed by atoms with Crippen molar-refractivity contribution in [3.8, 4) is 0 Å². The lowest BCUT2D eigenvalue weighted by Crippen LogP contribution is -2.26. The van der Waals surface area contributed by atoms with E-state index in [1.165, 1.54) is 0 Å². The first-order valence-electron chi connectivity index (χ1n) is 4.90. The van der Waals surface area contributed by atoms with Gasteiger partial charge in [-0.1, -0.05) is 0 Å². The summed E-state index contributed by atoms with van der Waals surface area (Å²) >= 11 is 0. The number of hydrogen-bond donors (Lipinski definition) is 2. The van der Waals surface area contributed by atoms with Crippen molar-refractivity contribution in [2.75, 3.05) is 49.8 Å². The average Bonchev–Trinajstić information content (AvgIpc) is 2.17. The van der Waals surface area contributed by atoms with Gasteiger partial charge < -0.3 is 21.3 Å². The first-order valence-corrected chi connectivity index (χ1v) is 4.90. The molecule has 0 fully saturated rings. The minimum Gasteiger partial charge on any atom is -0.396 e. The number of likely N-dealkylation sites (N-methyl/N-ethyl adjacent to an activating group) is 1. The zero-order chi connectivity index (χ0) is 11.4. The molecular formula is C10H22Cl3N5. The summed E-state index contributed by atoms with van der Waals surface area (Å²) in [5, 5.41) is 0. The third-order valence-electron chi connectivity index (χ3n) is 2.22. The first-order chi connectivity index (χ1) is 7.06. The maximum atomic E-state index is 5.92. The molecule has 1 heterocycles. The van der Waals surface area contributed by atoms with Crippen LogP contribution in [0.15, 0.2) is 12.3 Å². The van der Waals surface area contributed by atoms with Gasteiger partial charge in [-0.2, -0.15) is 0 Å². The van der Waals surface area contributed by atoms with E-state index in [9.17, 15) is 0 Å². The third-order valence-corrected chi connectivity index (χ3v) is 2.22. The molecule has 0 aromatic carbocycles. The van der Waals surface area contributed by atoms with Crippen molar-refractivity contribution in [1.29, 1.82) is 0 Å². The number of nitrogens with zero attached hydrogens (tertiary/aromatic N) is 3. The van der Waals surface area contributed by atoms with Crippen LogP contribution >= 0.6 is 37.2 Å². The molecule has 0 saturated carbocycles. The molecule has 0 saturated heterocycles. The lowest BCUT2D eigenvalue weighted by molar-refractivity contribution is 0.869. The molecule has 0 amide bonds. The number of halogens is 3. The van der Waals surface area contributed by atoms with Gasteiger partial charge in [0.25, 0.3) is 0 Å². The molecule has 0 aliphatic carbocycles. The van der Waals surface area contributed by atoms with Crippen LogP contribution in [0, 0.1) is 0 Å². The Kier molecular flexibility index (Phi) is 12.9. The maximum absolute atomic E-state index is 5.92. The zero-order valence-corrected chi connectivity index (χ0v) is 13.2. The van der Waals surface area contributed by atoms with Crippen molar-refractivity contribution in [2.45, 2.75) is 0 Å². The number of aromatic nitrogens is 1. The third kappa shape index (κ3) is 5.82. The van der Waals surface area contributed by atoms with Crippen molar-refractivity contribution in [3.63, 3.8) is 0 Å². The molecule has 1 rings (SSSR count). The Morgan fingerprint density at radius 3 is 2.11 bits per heavy atom. The Labute approximate surface area is 127 Å². The van der Waals surface area contributed by atoms with Crippen LogP contribution in [0.1, 0.15) is 0 Å². The van der Waals surface area contributed by atoms with Gasteiger partial charge in [0, 0.05) is 34.2 Å². The molecule has 4 N–H and O–H groups in total. The van der Waals surface area contributed by atoms with E-state index >= 15 is 0 Å². The van der Waals surface area contributed by atoms with E-state index in [1.807, 2.05) is 37.0 Å². The van der Waals surface area contributed by atoms with Crippen LogP contribution < -0.4 is 21.3 Å². The molecule has 8 heteroatoms. The van der Waals surface area contributed by atoms with Gasteiger partial charge in [-0.15, -0.1) is 37.2 Å². The van der Waals surface area contributed by atoms with E-state index in [2.05, 4.69) is 4.98 Å². The van der Waals surface area contributed by atoms with E-state index in [-0.39, 0.29) is 37.2 Å². The Bertz CT molecular complexity index is 335. The van der Waals surface area contributed by atoms with Crippen molar-refractivity contribution in [3.05, 3.63) is 12.3 Å².